The van der Waals surface area contributed by atoms with Crippen molar-refractivity contribution >= 4 is 6.03 Å². The van der Waals surface area contributed by atoms with Gasteiger partial charge in [-0.05, 0) is 38.5 Å². The summed E-state index contributed by atoms with van der Waals surface area (Å²) in [5, 5.41) is 2.96. The van der Waals surface area contributed by atoms with Gasteiger partial charge in [0.1, 0.15) is 5.82 Å². The summed E-state index contributed by atoms with van der Waals surface area (Å²) in [6.07, 6.45) is 0.634. The number of halogens is 1. The van der Waals surface area contributed by atoms with Gasteiger partial charge in [0.2, 0.25) is 0 Å². The summed E-state index contributed by atoms with van der Waals surface area (Å²) in [5.41, 5.74) is 0.765. The summed E-state index contributed by atoms with van der Waals surface area (Å²) in [6.45, 7) is 7.56. The average Bonchev–Trinajstić information content (AvgIpc) is 2.40. The Morgan fingerprint density at radius 1 is 1.38 bits per heavy atom. The highest BCUT2D eigenvalue weighted by molar-refractivity contribution is 5.75. The van der Waals surface area contributed by atoms with Crippen LogP contribution >= 0.6 is 0 Å². The Labute approximate surface area is 125 Å². The minimum Gasteiger partial charge on any atom is -0.374 e. The van der Waals surface area contributed by atoms with E-state index >= 15 is 0 Å². The Balaban J connectivity index is 1.91. The van der Waals surface area contributed by atoms with E-state index < -0.39 is 0 Å². The number of carbonyl (C=O) groups is 1. The van der Waals surface area contributed by atoms with Gasteiger partial charge in [-0.2, -0.15) is 0 Å². The predicted octanol–water partition coefficient (Wildman–Crippen LogP) is 2.58. The molecule has 4 nitrogen and oxygen atoms in total. The molecule has 1 aliphatic heterocycles. The molecule has 0 bridgehead atoms. The first-order valence-corrected chi connectivity index (χ1v) is 7.26. The van der Waals surface area contributed by atoms with Gasteiger partial charge in [0, 0.05) is 25.0 Å². The Hall–Kier alpha value is -1.62. The van der Waals surface area contributed by atoms with Crippen LogP contribution in [0.5, 0.6) is 0 Å². The fourth-order valence-electron chi connectivity index (χ4n) is 2.31. The molecule has 0 aromatic heterocycles. The second-order valence-electron chi connectivity index (χ2n) is 6.45. The van der Waals surface area contributed by atoms with Crippen LogP contribution in [0, 0.1) is 5.82 Å². The average molecular weight is 294 g/mol. The zero-order valence-electron chi connectivity index (χ0n) is 12.9. The molecule has 1 aromatic rings. The Bertz CT molecular complexity index is 482. The van der Waals surface area contributed by atoms with Crippen LogP contribution in [-0.2, 0) is 11.2 Å². The molecule has 2 rings (SSSR count). The third-order valence-corrected chi connectivity index (χ3v) is 3.28. The lowest BCUT2D eigenvalue weighted by molar-refractivity contribution is -0.0140. The normalized spacial score (nSPS) is 19.4. The van der Waals surface area contributed by atoms with E-state index in [2.05, 4.69) is 5.32 Å². The lowest BCUT2D eigenvalue weighted by Crippen LogP contribution is -2.54. The monoisotopic (exact) mass is 294 g/mol. The van der Waals surface area contributed by atoms with Crippen molar-refractivity contribution in [3.8, 4) is 0 Å². The molecule has 1 fully saturated rings. The van der Waals surface area contributed by atoms with Crippen LogP contribution in [0.3, 0.4) is 0 Å². The zero-order valence-corrected chi connectivity index (χ0v) is 12.9. The van der Waals surface area contributed by atoms with Crippen LogP contribution < -0.4 is 5.32 Å². The molecule has 1 atom stereocenters. The molecule has 1 unspecified atom stereocenters. The maximum Gasteiger partial charge on any atom is 0.317 e. The summed E-state index contributed by atoms with van der Waals surface area (Å²) < 4.78 is 18.6. The largest absolute Gasteiger partial charge is 0.374 e. The molecule has 0 aliphatic carbocycles. The fourth-order valence-corrected chi connectivity index (χ4v) is 2.31. The van der Waals surface area contributed by atoms with Crippen LogP contribution in [0.25, 0.3) is 0 Å². The number of amides is 2. The number of nitrogens with zero attached hydrogens (tertiary/aromatic N) is 1. The van der Waals surface area contributed by atoms with E-state index in [1.54, 1.807) is 17.0 Å². The van der Waals surface area contributed by atoms with E-state index in [1.165, 1.54) is 12.1 Å². The molecule has 1 N–H and O–H groups in total. The van der Waals surface area contributed by atoms with Crippen molar-refractivity contribution in [2.24, 2.45) is 0 Å². The highest BCUT2D eigenvalue weighted by atomic mass is 19.1. The predicted molar refractivity (Wildman–Crippen MR) is 79.7 cm³/mol. The van der Waals surface area contributed by atoms with Gasteiger partial charge in [0.05, 0.1) is 12.7 Å². The van der Waals surface area contributed by atoms with E-state index in [0.717, 1.165) is 5.56 Å². The minimum absolute atomic E-state index is 0.0464. The topological polar surface area (TPSA) is 41.6 Å². The lowest BCUT2D eigenvalue weighted by atomic mass is 10.1. The quantitative estimate of drug-likeness (QED) is 0.911. The van der Waals surface area contributed by atoms with Crippen molar-refractivity contribution in [2.75, 3.05) is 19.7 Å². The summed E-state index contributed by atoms with van der Waals surface area (Å²) in [6, 6.07) is 6.35. The maximum absolute atomic E-state index is 12.9. The first-order valence-electron chi connectivity index (χ1n) is 7.26. The van der Waals surface area contributed by atoms with Crippen molar-refractivity contribution in [1.29, 1.82) is 0 Å². The van der Waals surface area contributed by atoms with Gasteiger partial charge in [-0.25, -0.2) is 9.18 Å². The zero-order chi connectivity index (χ0) is 15.5. The molecule has 0 spiro atoms. The van der Waals surface area contributed by atoms with E-state index in [0.29, 0.717) is 26.1 Å². The Kier molecular flexibility index (Phi) is 4.83. The van der Waals surface area contributed by atoms with Crippen LogP contribution in [-0.4, -0.2) is 42.3 Å². The third kappa shape index (κ3) is 5.01. The number of benzene rings is 1. The Morgan fingerprint density at radius 2 is 2.05 bits per heavy atom. The minimum atomic E-state index is -0.248. The van der Waals surface area contributed by atoms with Crippen molar-refractivity contribution in [2.45, 2.75) is 38.8 Å². The number of nitrogens with one attached hydrogen (secondary N) is 1. The summed E-state index contributed by atoms with van der Waals surface area (Å²) >= 11 is 0. The molecular formula is C16H23FN2O2. The molecule has 21 heavy (non-hydrogen) atoms. The van der Waals surface area contributed by atoms with Crippen LogP contribution in [0.4, 0.5) is 9.18 Å². The molecule has 0 radical (unpaired) electrons. The number of hydrogen-bond acceptors (Lipinski definition) is 2. The van der Waals surface area contributed by atoms with E-state index in [1.807, 2.05) is 20.8 Å². The number of morpholine rings is 1. The van der Waals surface area contributed by atoms with Gasteiger partial charge in [-0.15, -0.1) is 0 Å². The fraction of sp³-hybridized carbons (Fsp3) is 0.562. The first-order chi connectivity index (χ1) is 9.83. The molecule has 116 valence electrons. The number of ether oxygens (including phenoxy) is 1. The standard InChI is InChI=1S/C16H23FN2O2/c1-16(2,3)18-15(20)19-8-9-21-14(11-19)10-12-4-6-13(17)7-5-12/h4-7,14H,8-11H2,1-3H3,(H,18,20). The molecule has 1 heterocycles. The van der Waals surface area contributed by atoms with Crippen LogP contribution in [0.2, 0.25) is 0 Å². The van der Waals surface area contributed by atoms with Crippen LogP contribution in [0.1, 0.15) is 26.3 Å². The summed E-state index contributed by atoms with van der Waals surface area (Å²) in [7, 11) is 0. The van der Waals surface area contributed by atoms with E-state index in [-0.39, 0.29) is 23.5 Å². The van der Waals surface area contributed by atoms with Crippen molar-refractivity contribution in [3.63, 3.8) is 0 Å². The van der Waals surface area contributed by atoms with Crippen molar-refractivity contribution in [1.82, 2.24) is 10.2 Å². The third-order valence-electron chi connectivity index (χ3n) is 3.28. The summed E-state index contributed by atoms with van der Waals surface area (Å²) in [4.78, 5) is 13.9. The van der Waals surface area contributed by atoms with E-state index in [4.69, 9.17) is 4.74 Å². The van der Waals surface area contributed by atoms with Gasteiger partial charge in [-0.3, -0.25) is 0 Å². The second-order valence-corrected chi connectivity index (χ2v) is 6.45. The Morgan fingerprint density at radius 3 is 2.67 bits per heavy atom. The number of carbonyl (C=O) groups excluding carboxylic acids is 1. The molecule has 0 saturated carbocycles. The summed E-state index contributed by atoms with van der Waals surface area (Å²) in [5.74, 6) is -0.241. The molecule has 1 saturated heterocycles. The SMILES string of the molecule is CC(C)(C)NC(=O)N1CCOC(Cc2ccc(F)cc2)C1. The molecule has 5 heteroatoms. The molecular weight excluding hydrogens is 271 g/mol. The molecule has 1 aromatic carbocycles. The van der Waals surface area contributed by atoms with Gasteiger partial charge >= 0.3 is 6.03 Å². The van der Waals surface area contributed by atoms with Crippen molar-refractivity contribution in [3.05, 3.63) is 35.6 Å². The van der Waals surface area contributed by atoms with Gasteiger partial charge in [0.15, 0.2) is 0 Å². The lowest BCUT2D eigenvalue weighted by Gasteiger charge is -2.35. The smallest absolute Gasteiger partial charge is 0.317 e. The highest BCUT2D eigenvalue weighted by Gasteiger charge is 2.26. The molecule has 1 aliphatic rings. The number of hydrogen-bond donors (Lipinski definition) is 1. The second kappa shape index (κ2) is 6.43. The maximum atomic E-state index is 12.9. The highest BCUT2D eigenvalue weighted by Crippen LogP contribution is 2.13. The number of urea groups is 1. The van der Waals surface area contributed by atoms with Gasteiger partial charge in [-0.1, -0.05) is 12.1 Å². The van der Waals surface area contributed by atoms with Crippen molar-refractivity contribution < 1.29 is 13.9 Å². The number of rotatable bonds is 2. The first kappa shape index (κ1) is 15.8. The van der Waals surface area contributed by atoms with Crippen LogP contribution in [0.15, 0.2) is 24.3 Å². The van der Waals surface area contributed by atoms with Gasteiger partial charge < -0.3 is 15.0 Å². The molecule has 2 amide bonds. The van der Waals surface area contributed by atoms with E-state index in [9.17, 15) is 9.18 Å². The van der Waals surface area contributed by atoms with Gasteiger partial charge in [0.25, 0.3) is 0 Å².